The van der Waals surface area contributed by atoms with E-state index in [1.54, 1.807) is 0 Å². The maximum atomic E-state index is 4.09. The molecule has 0 amide bonds. The third kappa shape index (κ3) is 3.51. The number of aryl methyl sites for hydroxylation is 2. The molecule has 0 aliphatic heterocycles. The molecule has 0 fully saturated rings. The second-order valence-corrected chi connectivity index (χ2v) is 2.87. The zero-order valence-electron chi connectivity index (χ0n) is 7.48. The van der Waals surface area contributed by atoms with Crippen LogP contribution in [-0.4, -0.2) is 4.98 Å². The summed E-state index contributed by atoms with van der Waals surface area (Å²) in [4.78, 5) is 4.09. The van der Waals surface area contributed by atoms with E-state index < -0.39 is 0 Å². The highest BCUT2D eigenvalue weighted by atomic mass is 79.9. The summed E-state index contributed by atoms with van der Waals surface area (Å²) >= 11 is 3.32. The molecule has 0 saturated carbocycles. The Balaban J connectivity index is 0.000000461. The van der Waals surface area contributed by atoms with Gasteiger partial charge in [0, 0.05) is 6.20 Å². The maximum absolute atomic E-state index is 4.09. The summed E-state index contributed by atoms with van der Waals surface area (Å²) < 4.78 is 0.938. The van der Waals surface area contributed by atoms with E-state index in [9.17, 15) is 0 Å². The minimum atomic E-state index is 0.938. The molecule has 0 N–H and O–H groups in total. The number of nitrogens with zero attached hydrogens (tertiary/aromatic N) is 1. The fourth-order valence-electron chi connectivity index (χ4n) is 0.699. The summed E-state index contributed by atoms with van der Waals surface area (Å²) in [6, 6.07) is 2.09. The van der Waals surface area contributed by atoms with Gasteiger partial charge in [0.05, 0.1) is 0 Å². The average molecular weight is 216 g/mol. The van der Waals surface area contributed by atoms with Gasteiger partial charge in [-0.3, -0.25) is 0 Å². The zero-order chi connectivity index (χ0) is 8.85. The molecule has 62 valence electrons. The highest BCUT2D eigenvalue weighted by Gasteiger charge is 1.92. The van der Waals surface area contributed by atoms with E-state index in [2.05, 4.69) is 27.0 Å². The minimum Gasteiger partial charge on any atom is -0.249 e. The van der Waals surface area contributed by atoms with Gasteiger partial charge in [0.2, 0.25) is 0 Å². The lowest BCUT2D eigenvalue weighted by atomic mass is 10.2. The van der Waals surface area contributed by atoms with Crippen LogP contribution in [0.3, 0.4) is 0 Å². The van der Waals surface area contributed by atoms with Gasteiger partial charge in [0.1, 0.15) is 4.60 Å². The zero-order valence-corrected chi connectivity index (χ0v) is 9.07. The second kappa shape index (κ2) is 5.30. The average Bonchev–Trinajstić information content (AvgIpc) is 2.02. The van der Waals surface area contributed by atoms with Crippen molar-refractivity contribution in [3.8, 4) is 0 Å². The van der Waals surface area contributed by atoms with Crippen LogP contribution in [0.5, 0.6) is 0 Å². The van der Waals surface area contributed by atoms with Crippen molar-refractivity contribution in [2.24, 2.45) is 0 Å². The molecule has 0 unspecified atom stereocenters. The first kappa shape index (κ1) is 10.6. The van der Waals surface area contributed by atoms with Gasteiger partial charge in [-0.15, -0.1) is 0 Å². The Labute approximate surface area is 77.0 Å². The molecular weight excluding hydrogens is 202 g/mol. The van der Waals surface area contributed by atoms with Crippen molar-refractivity contribution in [2.75, 3.05) is 0 Å². The largest absolute Gasteiger partial charge is 0.249 e. The monoisotopic (exact) mass is 215 g/mol. The third-order valence-corrected chi connectivity index (χ3v) is 1.98. The van der Waals surface area contributed by atoms with Crippen LogP contribution in [0.1, 0.15) is 25.0 Å². The highest BCUT2D eigenvalue weighted by molar-refractivity contribution is 9.10. The van der Waals surface area contributed by atoms with Crippen molar-refractivity contribution < 1.29 is 0 Å². The van der Waals surface area contributed by atoms with E-state index in [1.165, 1.54) is 11.1 Å². The fraction of sp³-hybridized carbons (Fsp3) is 0.444. The second-order valence-electron chi connectivity index (χ2n) is 2.12. The number of halogens is 1. The van der Waals surface area contributed by atoms with Crippen LogP contribution in [0.15, 0.2) is 16.9 Å². The van der Waals surface area contributed by atoms with Crippen molar-refractivity contribution in [1.29, 1.82) is 0 Å². The Morgan fingerprint density at radius 3 is 2.18 bits per heavy atom. The van der Waals surface area contributed by atoms with Gasteiger partial charge in [-0.05, 0) is 40.9 Å². The Hall–Kier alpha value is -0.370. The summed E-state index contributed by atoms with van der Waals surface area (Å²) in [7, 11) is 0. The van der Waals surface area contributed by atoms with Crippen LogP contribution in [0.25, 0.3) is 0 Å². The molecule has 0 aromatic carbocycles. The van der Waals surface area contributed by atoms with Crippen LogP contribution in [0.2, 0.25) is 0 Å². The lowest BCUT2D eigenvalue weighted by Gasteiger charge is -1.95. The van der Waals surface area contributed by atoms with Crippen molar-refractivity contribution in [1.82, 2.24) is 4.98 Å². The summed E-state index contributed by atoms with van der Waals surface area (Å²) in [6.45, 7) is 8.07. The molecule has 1 nitrogen and oxygen atoms in total. The van der Waals surface area contributed by atoms with Crippen LogP contribution in [-0.2, 0) is 0 Å². The molecule has 0 aliphatic carbocycles. The smallest absolute Gasteiger partial charge is 0.108 e. The summed E-state index contributed by atoms with van der Waals surface area (Å²) in [5, 5.41) is 0. The van der Waals surface area contributed by atoms with Crippen molar-refractivity contribution in [3.05, 3.63) is 28.0 Å². The molecule has 1 aromatic rings. The summed E-state index contributed by atoms with van der Waals surface area (Å²) in [6.07, 6.45) is 1.84. The Morgan fingerprint density at radius 2 is 1.82 bits per heavy atom. The van der Waals surface area contributed by atoms with Crippen molar-refractivity contribution in [2.45, 2.75) is 27.7 Å². The molecule has 0 bridgehead atoms. The standard InChI is InChI=1S/C7H8BrN.C2H6/c1-5-3-6(2)7(8)9-4-5;1-2/h3-4H,1-2H3;1-2H3. The van der Waals surface area contributed by atoms with Crippen molar-refractivity contribution in [3.63, 3.8) is 0 Å². The lowest BCUT2D eigenvalue weighted by Crippen LogP contribution is -1.81. The minimum absolute atomic E-state index is 0.938. The fourth-order valence-corrected chi connectivity index (χ4v) is 0.915. The maximum Gasteiger partial charge on any atom is 0.108 e. The molecule has 0 saturated heterocycles. The molecule has 11 heavy (non-hydrogen) atoms. The van der Waals surface area contributed by atoms with E-state index in [0.717, 1.165) is 4.60 Å². The van der Waals surface area contributed by atoms with Gasteiger partial charge < -0.3 is 0 Å². The molecule has 2 heteroatoms. The van der Waals surface area contributed by atoms with E-state index >= 15 is 0 Å². The number of hydrogen-bond donors (Lipinski definition) is 0. The van der Waals surface area contributed by atoms with Crippen LogP contribution in [0, 0.1) is 13.8 Å². The highest BCUT2D eigenvalue weighted by Crippen LogP contribution is 2.12. The van der Waals surface area contributed by atoms with E-state index in [1.807, 2.05) is 33.9 Å². The van der Waals surface area contributed by atoms with Crippen LogP contribution in [0.4, 0.5) is 0 Å². The van der Waals surface area contributed by atoms with Gasteiger partial charge in [-0.1, -0.05) is 19.9 Å². The SMILES string of the molecule is CC.Cc1cnc(Br)c(C)c1. The molecule has 0 radical (unpaired) electrons. The van der Waals surface area contributed by atoms with Gasteiger partial charge in [0.25, 0.3) is 0 Å². The Kier molecular flexibility index (Phi) is 5.12. The first-order chi connectivity index (χ1) is 5.20. The normalized spacial score (nSPS) is 8.45. The van der Waals surface area contributed by atoms with Crippen LogP contribution >= 0.6 is 15.9 Å². The molecule has 1 heterocycles. The Morgan fingerprint density at radius 1 is 1.27 bits per heavy atom. The number of rotatable bonds is 0. The quantitative estimate of drug-likeness (QED) is 0.605. The van der Waals surface area contributed by atoms with E-state index in [0.29, 0.717) is 0 Å². The lowest BCUT2D eigenvalue weighted by molar-refractivity contribution is 1.18. The summed E-state index contributed by atoms with van der Waals surface area (Å²) in [5.41, 5.74) is 2.39. The number of aromatic nitrogens is 1. The number of pyridine rings is 1. The predicted octanol–water partition coefficient (Wildman–Crippen LogP) is 3.49. The molecule has 1 aromatic heterocycles. The topological polar surface area (TPSA) is 12.9 Å². The van der Waals surface area contributed by atoms with Gasteiger partial charge in [-0.25, -0.2) is 4.98 Å². The first-order valence-corrected chi connectivity index (χ1v) is 4.58. The summed E-state index contributed by atoms with van der Waals surface area (Å²) in [5.74, 6) is 0. The van der Waals surface area contributed by atoms with Gasteiger partial charge in [0.15, 0.2) is 0 Å². The van der Waals surface area contributed by atoms with Gasteiger partial charge in [-0.2, -0.15) is 0 Å². The third-order valence-electron chi connectivity index (χ3n) is 1.15. The molecule has 0 atom stereocenters. The van der Waals surface area contributed by atoms with Gasteiger partial charge >= 0.3 is 0 Å². The molecule has 1 rings (SSSR count). The van der Waals surface area contributed by atoms with E-state index in [4.69, 9.17) is 0 Å². The number of hydrogen-bond acceptors (Lipinski definition) is 1. The molecular formula is C9H14BrN. The molecule has 0 aliphatic rings. The molecule has 0 spiro atoms. The predicted molar refractivity (Wildman–Crippen MR) is 52.8 cm³/mol. The first-order valence-electron chi connectivity index (χ1n) is 3.79. The van der Waals surface area contributed by atoms with Crippen molar-refractivity contribution >= 4 is 15.9 Å². The Bertz CT molecular complexity index is 221. The van der Waals surface area contributed by atoms with E-state index in [-0.39, 0.29) is 0 Å². The van der Waals surface area contributed by atoms with Crippen LogP contribution < -0.4 is 0 Å².